The van der Waals surface area contributed by atoms with Crippen LogP contribution in [0.1, 0.15) is 45.0 Å². The lowest BCUT2D eigenvalue weighted by Crippen LogP contribution is -2.25. The smallest absolute Gasteiger partial charge is 0.201 e. The van der Waals surface area contributed by atoms with E-state index in [-0.39, 0.29) is 46.3 Å². The first kappa shape index (κ1) is 18.6. The van der Waals surface area contributed by atoms with Crippen LogP contribution in [-0.4, -0.2) is 32.0 Å². The van der Waals surface area contributed by atoms with E-state index < -0.39 is 11.7 Å². The van der Waals surface area contributed by atoms with E-state index in [1.165, 1.54) is 24.3 Å². The Morgan fingerprint density at radius 2 is 1.34 bits per heavy atom. The summed E-state index contributed by atoms with van der Waals surface area (Å²) in [5.41, 5.74) is 1.55. The van der Waals surface area contributed by atoms with Crippen molar-refractivity contribution >= 4 is 11.6 Å². The van der Waals surface area contributed by atoms with E-state index in [0.717, 1.165) is 0 Å². The molecule has 4 rings (SSSR count). The van der Waals surface area contributed by atoms with Gasteiger partial charge in [-0.3, -0.25) is 9.59 Å². The molecule has 0 bridgehead atoms. The van der Waals surface area contributed by atoms with Crippen LogP contribution in [-0.2, 0) is 11.2 Å². The minimum absolute atomic E-state index is 0.0297. The second kappa shape index (κ2) is 6.98. The molecule has 0 aromatic heterocycles. The highest BCUT2D eigenvalue weighted by atomic mass is 16.3. The number of carbonyl (C=O) groups is 2. The molecule has 0 amide bonds. The summed E-state index contributed by atoms with van der Waals surface area (Å²) in [4.78, 5) is 26.1. The molecule has 1 aliphatic carbocycles. The Morgan fingerprint density at radius 1 is 0.759 bits per heavy atom. The number of hydrogen-bond acceptors (Lipinski definition) is 6. The minimum atomic E-state index is -0.803. The summed E-state index contributed by atoms with van der Waals surface area (Å²) in [6.07, 6.45) is 0.423. The predicted octanol–water partition coefficient (Wildman–Crippen LogP) is 3.39. The number of rotatable bonds is 4. The largest absolute Gasteiger partial charge is 0.507 e. The van der Waals surface area contributed by atoms with E-state index in [9.17, 15) is 30.0 Å². The van der Waals surface area contributed by atoms with E-state index in [1.807, 2.05) is 0 Å². The molecule has 3 aromatic rings. The number of phenolic OH excluding ortho intramolecular Hbond substituents is 4. The maximum Gasteiger partial charge on any atom is 0.201 e. The third-order valence-corrected chi connectivity index (χ3v) is 5.25. The average molecular weight is 390 g/mol. The topological polar surface area (TPSA) is 115 Å². The zero-order chi connectivity index (χ0) is 20.7. The van der Waals surface area contributed by atoms with Crippen molar-refractivity contribution < 1.29 is 30.0 Å². The summed E-state index contributed by atoms with van der Waals surface area (Å²) in [6.45, 7) is 0. The third kappa shape index (κ3) is 3.08. The molecule has 0 saturated carbocycles. The second-order valence-electron chi connectivity index (χ2n) is 7.03. The monoisotopic (exact) mass is 390 g/mol. The lowest BCUT2D eigenvalue weighted by Gasteiger charge is -2.27. The van der Waals surface area contributed by atoms with E-state index in [1.54, 1.807) is 30.3 Å². The lowest BCUT2D eigenvalue weighted by molar-refractivity contribution is -0.119. The molecule has 0 spiro atoms. The van der Waals surface area contributed by atoms with Crippen LogP contribution in [0, 0.1) is 0 Å². The predicted molar refractivity (Wildman–Crippen MR) is 105 cm³/mol. The van der Waals surface area contributed by atoms with Gasteiger partial charge < -0.3 is 20.4 Å². The van der Waals surface area contributed by atoms with Crippen LogP contribution in [0.25, 0.3) is 0 Å². The Hall–Kier alpha value is -3.80. The fourth-order valence-corrected chi connectivity index (χ4v) is 3.87. The molecule has 1 aliphatic rings. The van der Waals surface area contributed by atoms with E-state index in [0.29, 0.717) is 23.1 Å². The normalized spacial score (nSPS) is 13.0. The molecule has 29 heavy (non-hydrogen) atoms. The highest BCUT2D eigenvalue weighted by molar-refractivity contribution is 6.18. The number of benzene rings is 3. The van der Waals surface area contributed by atoms with Crippen molar-refractivity contribution in [3.8, 4) is 23.0 Å². The Kier molecular flexibility index (Phi) is 4.47. The molecule has 4 N–H and O–H groups in total. The molecule has 0 heterocycles. The number of Topliss-reactive ketones (excluding diaryl/α,β-unsaturated/α-hetero) is 1. The van der Waals surface area contributed by atoms with Crippen LogP contribution in [0.5, 0.6) is 23.0 Å². The van der Waals surface area contributed by atoms with Gasteiger partial charge in [0.05, 0.1) is 17.0 Å². The first-order valence-corrected chi connectivity index (χ1v) is 9.10. The molecule has 6 nitrogen and oxygen atoms in total. The summed E-state index contributed by atoms with van der Waals surface area (Å²) in [5, 5.41) is 39.5. The van der Waals surface area contributed by atoms with E-state index in [2.05, 4.69) is 0 Å². The zero-order valence-electron chi connectivity index (χ0n) is 15.3. The Balaban J connectivity index is 1.73. The van der Waals surface area contributed by atoms with Gasteiger partial charge in [0.15, 0.2) is 11.5 Å². The Bertz CT molecular complexity index is 1090. The van der Waals surface area contributed by atoms with Gasteiger partial charge in [-0.15, -0.1) is 0 Å². The highest BCUT2D eigenvalue weighted by Gasteiger charge is 2.37. The molecule has 0 aliphatic heterocycles. The third-order valence-electron chi connectivity index (χ3n) is 5.25. The van der Waals surface area contributed by atoms with Crippen LogP contribution >= 0.6 is 0 Å². The molecule has 0 radical (unpaired) electrons. The summed E-state index contributed by atoms with van der Waals surface area (Å²) in [6, 6.07) is 13.5. The van der Waals surface area contributed by atoms with Crippen molar-refractivity contribution in [2.45, 2.75) is 18.8 Å². The minimum Gasteiger partial charge on any atom is -0.507 e. The zero-order valence-corrected chi connectivity index (χ0v) is 15.3. The van der Waals surface area contributed by atoms with Crippen molar-refractivity contribution in [3.05, 3.63) is 82.4 Å². The fourth-order valence-electron chi connectivity index (χ4n) is 3.87. The fraction of sp³-hybridized carbons (Fsp3) is 0.130. The number of aromatic hydroxyl groups is 4. The van der Waals surface area contributed by atoms with Gasteiger partial charge >= 0.3 is 0 Å². The molecular weight excluding hydrogens is 372 g/mol. The molecule has 0 saturated heterocycles. The van der Waals surface area contributed by atoms with Crippen molar-refractivity contribution in [1.29, 1.82) is 0 Å². The molecule has 146 valence electrons. The maximum atomic E-state index is 13.2. The number of fused-ring (bicyclic) bond motifs is 2. The van der Waals surface area contributed by atoms with Crippen LogP contribution in [0.2, 0.25) is 0 Å². The highest BCUT2D eigenvalue weighted by Crippen LogP contribution is 2.43. The number of carbonyl (C=O) groups excluding carboxylic acids is 2. The van der Waals surface area contributed by atoms with Gasteiger partial charge in [-0.25, -0.2) is 0 Å². The molecule has 6 heteroatoms. The number of phenols is 4. The van der Waals surface area contributed by atoms with Crippen LogP contribution < -0.4 is 0 Å². The van der Waals surface area contributed by atoms with Crippen molar-refractivity contribution in [2.75, 3.05) is 0 Å². The van der Waals surface area contributed by atoms with E-state index in [4.69, 9.17) is 0 Å². The van der Waals surface area contributed by atoms with Gasteiger partial charge in [-0.1, -0.05) is 30.3 Å². The van der Waals surface area contributed by atoms with Crippen LogP contribution in [0.4, 0.5) is 0 Å². The van der Waals surface area contributed by atoms with Gasteiger partial charge in [-0.2, -0.15) is 0 Å². The summed E-state index contributed by atoms with van der Waals surface area (Å²) in [5.74, 6) is -2.47. The first-order chi connectivity index (χ1) is 13.9. The lowest BCUT2D eigenvalue weighted by atomic mass is 9.74. The van der Waals surface area contributed by atoms with Crippen molar-refractivity contribution in [2.24, 2.45) is 0 Å². The molecular formula is C23H18O6. The van der Waals surface area contributed by atoms with Crippen molar-refractivity contribution in [3.63, 3.8) is 0 Å². The average Bonchev–Trinajstić information content (AvgIpc) is 2.69. The van der Waals surface area contributed by atoms with Crippen LogP contribution in [0.15, 0.2) is 54.6 Å². The first-order valence-electron chi connectivity index (χ1n) is 9.10. The number of aryl methyl sites for hydroxylation is 1. The van der Waals surface area contributed by atoms with Gasteiger partial charge in [0, 0.05) is 6.42 Å². The summed E-state index contributed by atoms with van der Waals surface area (Å²) < 4.78 is 0. The van der Waals surface area contributed by atoms with Crippen LogP contribution in [0.3, 0.4) is 0 Å². The Morgan fingerprint density at radius 3 is 1.90 bits per heavy atom. The summed E-state index contributed by atoms with van der Waals surface area (Å²) >= 11 is 0. The van der Waals surface area contributed by atoms with Gasteiger partial charge in [-0.05, 0) is 47.4 Å². The Labute approximate surface area is 166 Å². The number of hydrogen-bond donors (Lipinski definition) is 4. The maximum absolute atomic E-state index is 13.2. The van der Waals surface area contributed by atoms with Gasteiger partial charge in [0.25, 0.3) is 0 Å². The molecule has 0 unspecified atom stereocenters. The summed E-state index contributed by atoms with van der Waals surface area (Å²) in [7, 11) is 0. The van der Waals surface area contributed by atoms with E-state index >= 15 is 0 Å². The van der Waals surface area contributed by atoms with Gasteiger partial charge in [0.2, 0.25) is 5.78 Å². The number of ketones is 2. The molecule has 0 fully saturated rings. The second-order valence-corrected chi connectivity index (χ2v) is 7.03. The molecule has 0 atom stereocenters. The molecule has 3 aromatic carbocycles. The quantitative estimate of drug-likeness (QED) is 0.508. The standard InChI is InChI=1S/C23H18O6/c24-15-9-7-12(11-19(15)28)8-10-18(27)20-13-3-1-5-16(25)21(13)23(29)22-14(20)4-2-6-17(22)26/h1-7,9,11,20,24-26,28H,8,10H2. The van der Waals surface area contributed by atoms with Gasteiger partial charge in [0.1, 0.15) is 17.3 Å². The SMILES string of the molecule is O=C1c2c(O)cccc2C(C(=O)CCc2ccc(O)c(O)c2)c2cccc(O)c21. The van der Waals surface area contributed by atoms with Crippen molar-refractivity contribution in [1.82, 2.24) is 0 Å².